The Hall–Kier alpha value is -1.55. The van der Waals surface area contributed by atoms with E-state index >= 15 is 0 Å². The average Bonchev–Trinajstić information content (AvgIpc) is 2.84. The number of carbonyl (C=O) groups is 1. The normalized spacial score (nSPS) is 38.6. The van der Waals surface area contributed by atoms with Crippen LogP contribution in [-0.4, -0.2) is 48.9 Å². The topological polar surface area (TPSA) is 35.6 Å². The second-order valence-electron chi connectivity index (χ2n) is 7.76. The number of nitrogens with one attached hydrogen (secondary N) is 1. The molecule has 1 saturated heterocycles. The second-order valence-corrected chi connectivity index (χ2v) is 7.76. The smallest absolute Gasteiger partial charge is 0.216 e. The van der Waals surface area contributed by atoms with Crippen LogP contribution in [0, 0.1) is 23.7 Å². The van der Waals surface area contributed by atoms with Gasteiger partial charge in [-0.1, -0.05) is 12.2 Å². The molecule has 0 aromatic carbocycles. The minimum atomic E-state index is 0.0869. The maximum absolute atomic E-state index is 11.3. The van der Waals surface area contributed by atoms with Gasteiger partial charge in [-0.05, 0) is 49.3 Å². The maximum atomic E-state index is 11.3. The van der Waals surface area contributed by atoms with Crippen LogP contribution in [0.5, 0.6) is 0 Å². The Bertz CT molecular complexity index is 606. The van der Waals surface area contributed by atoms with Crippen LogP contribution in [0.15, 0.2) is 35.7 Å². The van der Waals surface area contributed by atoms with E-state index in [-0.39, 0.29) is 5.91 Å². The van der Waals surface area contributed by atoms with E-state index in [1.807, 2.05) is 0 Å². The van der Waals surface area contributed by atoms with E-state index in [0.29, 0.717) is 29.7 Å². The minimum Gasteiger partial charge on any atom is -0.356 e. The first-order chi connectivity index (χ1) is 11.0. The molecule has 2 unspecified atom stereocenters. The lowest BCUT2D eigenvalue weighted by Gasteiger charge is -2.51. The number of nitrogens with zero attached hydrogens (tertiary/aromatic N) is 2. The molecule has 1 saturated carbocycles. The lowest BCUT2D eigenvalue weighted by molar-refractivity contribution is -0.119. The Balaban J connectivity index is 1.58. The SMILES string of the molecule is CC(=O)NC[C@@H]1C[C@@H]2C3C=CC=C4C3C(=CN4C)C[C@H]2N(C)C1. The lowest BCUT2D eigenvalue weighted by Crippen LogP contribution is -2.54. The number of piperidine rings is 1. The number of rotatable bonds is 2. The molecular formula is C19H27N3O. The summed E-state index contributed by atoms with van der Waals surface area (Å²) in [5, 5.41) is 3.03. The molecule has 4 aliphatic rings. The molecule has 4 nitrogen and oxygen atoms in total. The highest BCUT2D eigenvalue weighted by molar-refractivity contribution is 5.72. The number of amides is 1. The third-order valence-electron chi connectivity index (χ3n) is 6.26. The van der Waals surface area contributed by atoms with Gasteiger partial charge in [0.25, 0.3) is 0 Å². The molecule has 0 aromatic rings. The highest BCUT2D eigenvalue weighted by atomic mass is 16.1. The molecule has 1 amide bonds. The highest BCUT2D eigenvalue weighted by Gasteiger charge is 2.49. The second kappa shape index (κ2) is 5.52. The Morgan fingerprint density at radius 3 is 3.00 bits per heavy atom. The molecule has 4 heteroatoms. The molecule has 124 valence electrons. The van der Waals surface area contributed by atoms with Crippen molar-refractivity contribution in [3.05, 3.63) is 35.7 Å². The fourth-order valence-electron chi connectivity index (χ4n) is 5.33. The molecule has 2 aliphatic carbocycles. The van der Waals surface area contributed by atoms with Gasteiger partial charge in [-0.3, -0.25) is 4.79 Å². The van der Waals surface area contributed by atoms with Gasteiger partial charge in [0.05, 0.1) is 0 Å². The molecule has 0 bridgehead atoms. The van der Waals surface area contributed by atoms with Crippen molar-refractivity contribution in [2.75, 3.05) is 27.2 Å². The van der Waals surface area contributed by atoms with Crippen molar-refractivity contribution in [2.45, 2.75) is 25.8 Å². The van der Waals surface area contributed by atoms with E-state index in [2.05, 4.69) is 53.6 Å². The summed E-state index contributed by atoms with van der Waals surface area (Å²) >= 11 is 0. The van der Waals surface area contributed by atoms with E-state index in [1.165, 1.54) is 18.5 Å². The molecule has 0 radical (unpaired) electrons. The summed E-state index contributed by atoms with van der Waals surface area (Å²) in [6, 6.07) is 0.645. The van der Waals surface area contributed by atoms with Gasteiger partial charge in [-0.15, -0.1) is 0 Å². The van der Waals surface area contributed by atoms with Crippen molar-refractivity contribution in [1.29, 1.82) is 0 Å². The van der Waals surface area contributed by atoms with Crippen LogP contribution in [0.1, 0.15) is 19.8 Å². The van der Waals surface area contributed by atoms with Gasteiger partial charge in [0.15, 0.2) is 0 Å². The summed E-state index contributed by atoms with van der Waals surface area (Å²) in [6.07, 6.45) is 11.8. The van der Waals surface area contributed by atoms with Crippen LogP contribution in [0.2, 0.25) is 0 Å². The zero-order valence-corrected chi connectivity index (χ0v) is 14.3. The van der Waals surface area contributed by atoms with Crippen molar-refractivity contribution >= 4 is 5.91 Å². The van der Waals surface area contributed by atoms with E-state index in [0.717, 1.165) is 13.1 Å². The Morgan fingerprint density at radius 2 is 2.22 bits per heavy atom. The zero-order valence-electron chi connectivity index (χ0n) is 14.3. The summed E-state index contributed by atoms with van der Waals surface area (Å²) in [7, 11) is 4.45. The Kier molecular flexibility index (Phi) is 3.60. The van der Waals surface area contributed by atoms with Gasteiger partial charge < -0.3 is 15.1 Å². The Morgan fingerprint density at radius 1 is 1.39 bits per heavy atom. The van der Waals surface area contributed by atoms with Crippen molar-refractivity contribution in [3.63, 3.8) is 0 Å². The van der Waals surface area contributed by atoms with Gasteiger partial charge >= 0.3 is 0 Å². The van der Waals surface area contributed by atoms with Gasteiger partial charge in [-0.25, -0.2) is 0 Å². The van der Waals surface area contributed by atoms with Gasteiger partial charge in [0.2, 0.25) is 5.91 Å². The highest BCUT2D eigenvalue weighted by Crippen LogP contribution is 2.52. The molecule has 1 N–H and O–H groups in total. The third-order valence-corrected chi connectivity index (χ3v) is 6.26. The molecule has 2 heterocycles. The first kappa shape index (κ1) is 15.0. The summed E-state index contributed by atoms with van der Waals surface area (Å²) in [5.41, 5.74) is 3.08. The number of allylic oxidation sites excluding steroid dienone is 4. The number of hydrogen-bond acceptors (Lipinski definition) is 3. The van der Waals surface area contributed by atoms with Gasteiger partial charge in [-0.2, -0.15) is 0 Å². The summed E-state index contributed by atoms with van der Waals surface area (Å²) in [5.74, 6) is 2.56. The van der Waals surface area contributed by atoms with Gasteiger partial charge in [0.1, 0.15) is 0 Å². The minimum absolute atomic E-state index is 0.0869. The molecule has 0 aromatic heterocycles. The first-order valence-corrected chi connectivity index (χ1v) is 8.81. The van der Waals surface area contributed by atoms with Crippen molar-refractivity contribution in [1.82, 2.24) is 15.1 Å². The van der Waals surface area contributed by atoms with Crippen LogP contribution in [-0.2, 0) is 4.79 Å². The van der Waals surface area contributed by atoms with E-state index in [9.17, 15) is 4.79 Å². The Labute approximate surface area is 138 Å². The number of hydrogen-bond donors (Lipinski definition) is 1. The van der Waals surface area contributed by atoms with Crippen LogP contribution in [0.4, 0.5) is 0 Å². The molecule has 2 aliphatic heterocycles. The van der Waals surface area contributed by atoms with Crippen molar-refractivity contribution in [3.8, 4) is 0 Å². The van der Waals surface area contributed by atoms with Crippen molar-refractivity contribution in [2.24, 2.45) is 23.7 Å². The largest absolute Gasteiger partial charge is 0.356 e. The fraction of sp³-hybridized carbons (Fsp3) is 0.632. The molecular weight excluding hydrogens is 286 g/mol. The third kappa shape index (κ3) is 2.44. The lowest BCUT2D eigenvalue weighted by atomic mass is 9.61. The summed E-state index contributed by atoms with van der Waals surface area (Å²) in [6.45, 7) is 3.52. The van der Waals surface area contributed by atoms with E-state index < -0.39 is 0 Å². The van der Waals surface area contributed by atoms with Gasteiger partial charge in [0, 0.05) is 50.9 Å². The molecule has 5 atom stereocenters. The molecule has 2 fully saturated rings. The standard InChI is InChI=1S/C19H27N3O/c1-12(23)20-9-13-7-16-15-5-4-6-17-19(15)14(11-22(17)3)8-18(16)21(2)10-13/h4-6,11,13,15-16,18-19H,7-10H2,1-3H3,(H,20,23)/t13-,15?,16+,18+,19?/m0/s1. The van der Waals surface area contributed by atoms with Crippen LogP contribution >= 0.6 is 0 Å². The average molecular weight is 313 g/mol. The fourth-order valence-corrected chi connectivity index (χ4v) is 5.33. The molecule has 23 heavy (non-hydrogen) atoms. The number of likely N-dealkylation sites (tertiary alicyclic amines) is 1. The predicted molar refractivity (Wildman–Crippen MR) is 91.4 cm³/mol. The van der Waals surface area contributed by atoms with Crippen LogP contribution in [0.3, 0.4) is 0 Å². The van der Waals surface area contributed by atoms with E-state index in [4.69, 9.17) is 0 Å². The zero-order chi connectivity index (χ0) is 16.1. The monoisotopic (exact) mass is 313 g/mol. The molecule has 0 spiro atoms. The van der Waals surface area contributed by atoms with Crippen LogP contribution < -0.4 is 5.32 Å². The van der Waals surface area contributed by atoms with E-state index in [1.54, 1.807) is 12.5 Å². The number of carbonyl (C=O) groups excluding carboxylic acids is 1. The number of fused-ring (bicyclic) bond motifs is 2. The first-order valence-electron chi connectivity index (χ1n) is 8.81. The maximum Gasteiger partial charge on any atom is 0.216 e. The van der Waals surface area contributed by atoms with Crippen LogP contribution in [0.25, 0.3) is 0 Å². The quantitative estimate of drug-likeness (QED) is 0.847. The molecule has 4 rings (SSSR count). The summed E-state index contributed by atoms with van der Waals surface area (Å²) in [4.78, 5) is 16.1. The summed E-state index contributed by atoms with van der Waals surface area (Å²) < 4.78 is 0. The van der Waals surface area contributed by atoms with Crippen molar-refractivity contribution < 1.29 is 4.79 Å². The predicted octanol–water partition coefficient (Wildman–Crippen LogP) is 1.98.